The van der Waals surface area contributed by atoms with Gasteiger partial charge in [-0.15, -0.1) is 0 Å². The molecule has 0 aliphatic rings. The minimum atomic E-state index is 0.219. The van der Waals surface area contributed by atoms with Crippen LogP contribution in [0.5, 0.6) is 0 Å². The van der Waals surface area contributed by atoms with Crippen molar-refractivity contribution in [1.82, 2.24) is 0 Å². The van der Waals surface area contributed by atoms with Gasteiger partial charge in [0, 0.05) is 6.04 Å². The zero-order chi connectivity index (χ0) is 14.8. The maximum atomic E-state index is 6.38. The van der Waals surface area contributed by atoms with Crippen molar-refractivity contribution in [3.8, 4) is 0 Å². The molecule has 0 aliphatic heterocycles. The highest BCUT2D eigenvalue weighted by atomic mass is 14.6. The summed E-state index contributed by atoms with van der Waals surface area (Å²) in [6.07, 6.45) is 12.1. The first kappa shape index (κ1) is 17.2. The maximum Gasteiger partial charge on any atom is 0.0300 e. The molecule has 0 amide bonds. The summed E-state index contributed by atoms with van der Waals surface area (Å²) >= 11 is 0. The second-order valence-electron chi connectivity index (χ2n) is 6.18. The summed E-state index contributed by atoms with van der Waals surface area (Å²) in [6, 6.07) is 6.69. The fourth-order valence-electron chi connectivity index (χ4n) is 3.05. The smallest absolute Gasteiger partial charge is 0.0300 e. The molecule has 1 aromatic rings. The van der Waals surface area contributed by atoms with Gasteiger partial charge in [0.15, 0.2) is 0 Å². The summed E-state index contributed by atoms with van der Waals surface area (Å²) < 4.78 is 0. The van der Waals surface area contributed by atoms with E-state index in [2.05, 4.69) is 39.0 Å². The van der Waals surface area contributed by atoms with Crippen molar-refractivity contribution in [3.05, 3.63) is 34.9 Å². The lowest BCUT2D eigenvalue weighted by molar-refractivity contribution is 0.534. The van der Waals surface area contributed by atoms with Crippen LogP contribution >= 0.6 is 0 Å². The van der Waals surface area contributed by atoms with E-state index >= 15 is 0 Å². The molecule has 0 saturated carbocycles. The second-order valence-corrected chi connectivity index (χ2v) is 6.18. The molecule has 0 saturated heterocycles. The van der Waals surface area contributed by atoms with Gasteiger partial charge in [0.05, 0.1) is 0 Å². The van der Waals surface area contributed by atoms with Crippen LogP contribution in [0.1, 0.15) is 87.4 Å². The largest absolute Gasteiger partial charge is 0.324 e. The molecule has 1 nitrogen and oxygen atoms in total. The zero-order valence-corrected chi connectivity index (χ0v) is 13.8. The standard InChI is InChI=1S/C19H33N/c1-4-5-6-7-8-9-10-11-15-18(20)19-16(2)13-12-14-17(19)3/h12-14,18H,4-11,15,20H2,1-3H3. The van der Waals surface area contributed by atoms with Crippen molar-refractivity contribution >= 4 is 0 Å². The van der Waals surface area contributed by atoms with Crippen LogP contribution in [0.3, 0.4) is 0 Å². The first-order valence-electron chi connectivity index (χ1n) is 8.48. The Morgan fingerprint density at radius 3 is 1.90 bits per heavy atom. The van der Waals surface area contributed by atoms with Gasteiger partial charge in [-0.3, -0.25) is 0 Å². The molecule has 0 heterocycles. The lowest BCUT2D eigenvalue weighted by Gasteiger charge is -2.17. The molecule has 0 fully saturated rings. The first-order valence-corrected chi connectivity index (χ1v) is 8.48. The van der Waals surface area contributed by atoms with Gasteiger partial charge in [0.1, 0.15) is 0 Å². The molecule has 2 N–H and O–H groups in total. The SMILES string of the molecule is CCCCCCCCCCC(N)c1c(C)cccc1C. The Morgan fingerprint density at radius 2 is 1.35 bits per heavy atom. The molecular weight excluding hydrogens is 242 g/mol. The third-order valence-electron chi connectivity index (χ3n) is 4.28. The predicted octanol–water partition coefficient (Wildman–Crippen LogP) is 5.83. The zero-order valence-electron chi connectivity index (χ0n) is 13.8. The number of nitrogens with two attached hydrogens (primary N) is 1. The van der Waals surface area contributed by atoms with Gasteiger partial charge in [-0.2, -0.15) is 0 Å². The van der Waals surface area contributed by atoms with Crippen LogP contribution < -0.4 is 5.73 Å². The Bertz CT molecular complexity index is 350. The van der Waals surface area contributed by atoms with Crippen LogP contribution in [0.2, 0.25) is 0 Å². The molecule has 1 rings (SSSR count). The van der Waals surface area contributed by atoms with Crippen LogP contribution in [0.25, 0.3) is 0 Å². The highest BCUT2D eigenvalue weighted by Crippen LogP contribution is 2.24. The van der Waals surface area contributed by atoms with Gasteiger partial charge in [-0.05, 0) is 37.0 Å². The quantitative estimate of drug-likeness (QED) is 0.534. The Hall–Kier alpha value is -0.820. The molecule has 0 bridgehead atoms. The summed E-state index contributed by atoms with van der Waals surface area (Å²) in [5.74, 6) is 0. The third-order valence-corrected chi connectivity index (χ3v) is 4.28. The molecule has 1 aromatic carbocycles. The third kappa shape index (κ3) is 6.09. The average Bonchev–Trinajstić information content (AvgIpc) is 2.41. The van der Waals surface area contributed by atoms with Crippen molar-refractivity contribution in [1.29, 1.82) is 0 Å². The van der Waals surface area contributed by atoms with E-state index in [-0.39, 0.29) is 6.04 Å². The summed E-state index contributed by atoms with van der Waals surface area (Å²) in [5, 5.41) is 0. The van der Waals surface area contributed by atoms with Crippen molar-refractivity contribution in [3.63, 3.8) is 0 Å². The van der Waals surface area contributed by atoms with Crippen LogP contribution in [0.15, 0.2) is 18.2 Å². The minimum absolute atomic E-state index is 0.219. The van der Waals surface area contributed by atoms with E-state index in [1.807, 2.05) is 0 Å². The summed E-state index contributed by atoms with van der Waals surface area (Å²) in [6.45, 7) is 6.63. The number of hydrogen-bond donors (Lipinski definition) is 1. The number of benzene rings is 1. The summed E-state index contributed by atoms with van der Waals surface area (Å²) in [4.78, 5) is 0. The lowest BCUT2D eigenvalue weighted by Crippen LogP contribution is -2.13. The fourth-order valence-corrected chi connectivity index (χ4v) is 3.05. The molecule has 114 valence electrons. The summed E-state index contributed by atoms with van der Waals surface area (Å²) in [7, 11) is 0. The highest BCUT2D eigenvalue weighted by Gasteiger charge is 2.10. The van der Waals surface area contributed by atoms with E-state index in [0.29, 0.717) is 0 Å². The van der Waals surface area contributed by atoms with Crippen molar-refractivity contribution < 1.29 is 0 Å². The van der Waals surface area contributed by atoms with Crippen molar-refractivity contribution in [2.45, 2.75) is 84.6 Å². The van der Waals surface area contributed by atoms with Gasteiger partial charge in [0.2, 0.25) is 0 Å². The predicted molar refractivity (Wildman–Crippen MR) is 90.1 cm³/mol. The van der Waals surface area contributed by atoms with Gasteiger partial charge < -0.3 is 5.73 Å². The van der Waals surface area contributed by atoms with E-state index in [4.69, 9.17) is 5.73 Å². The van der Waals surface area contributed by atoms with Gasteiger partial charge in [-0.1, -0.05) is 76.5 Å². The van der Waals surface area contributed by atoms with Gasteiger partial charge in [0.25, 0.3) is 0 Å². The van der Waals surface area contributed by atoms with E-state index in [1.54, 1.807) is 0 Å². The summed E-state index contributed by atoms with van der Waals surface area (Å²) in [5.41, 5.74) is 10.4. The Kier molecular flexibility index (Phi) is 8.60. The molecule has 0 spiro atoms. The van der Waals surface area contributed by atoms with Crippen molar-refractivity contribution in [2.75, 3.05) is 0 Å². The van der Waals surface area contributed by atoms with Crippen molar-refractivity contribution in [2.24, 2.45) is 5.73 Å². The number of rotatable bonds is 10. The highest BCUT2D eigenvalue weighted by molar-refractivity contribution is 5.35. The Morgan fingerprint density at radius 1 is 0.850 bits per heavy atom. The molecule has 1 atom stereocenters. The van der Waals surface area contributed by atoms with E-state index in [0.717, 1.165) is 6.42 Å². The minimum Gasteiger partial charge on any atom is -0.324 e. The van der Waals surface area contributed by atoms with E-state index in [1.165, 1.54) is 68.1 Å². The monoisotopic (exact) mass is 275 g/mol. The van der Waals surface area contributed by atoms with E-state index in [9.17, 15) is 0 Å². The second kappa shape index (κ2) is 9.99. The Balaban J connectivity index is 2.19. The fraction of sp³-hybridized carbons (Fsp3) is 0.684. The molecule has 1 heteroatoms. The Labute approximate surface area is 126 Å². The first-order chi connectivity index (χ1) is 9.66. The number of unbranched alkanes of at least 4 members (excludes halogenated alkanes) is 7. The maximum absolute atomic E-state index is 6.38. The lowest BCUT2D eigenvalue weighted by atomic mass is 9.93. The van der Waals surface area contributed by atoms with Crippen LogP contribution in [0.4, 0.5) is 0 Å². The van der Waals surface area contributed by atoms with Gasteiger partial charge in [-0.25, -0.2) is 0 Å². The molecular formula is C19H33N. The number of aryl methyl sites for hydroxylation is 2. The van der Waals surface area contributed by atoms with Crippen LogP contribution in [-0.4, -0.2) is 0 Å². The molecule has 1 unspecified atom stereocenters. The molecule has 0 aromatic heterocycles. The van der Waals surface area contributed by atoms with Crippen LogP contribution in [0, 0.1) is 13.8 Å². The number of hydrogen-bond acceptors (Lipinski definition) is 1. The topological polar surface area (TPSA) is 26.0 Å². The average molecular weight is 275 g/mol. The normalized spacial score (nSPS) is 12.6. The van der Waals surface area contributed by atoms with E-state index < -0.39 is 0 Å². The molecule has 20 heavy (non-hydrogen) atoms. The van der Waals surface area contributed by atoms with Gasteiger partial charge >= 0.3 is 0 Å². The molecule has 0 radical (unpaired) electrons. The molecule has 0 aliphatic carbocycles. The van der Waals surface area contributed by atoms with Crippen LogP contribution in [-0.2, 0) is 0 Å².